The van der Waals surface area contributed by atoms with Gasteiger partial charge in [0.1, 0.15) is 0 Å². The highest BCUT2D eigenvalue weighted by molar-refractivity contribution is 14.1. The maximum atomic E-state index is 13.9. The highest BCUT2D eigenvalue weighted by atomic mass is 127. The van der Waals surface area contributed by atoms with Crippen molar-refractivity contribution in [2.45, 2.75) is 9.72 Å². The van der Waals surface area contributed by atoms with Gasteiger partial charge in [-0.25, -0.2) is 4.39 Å². The summed E-state index contributed by atoms with van der Waals surface area (Å²) in [6.45, 7) is 6.24. The van der Waals surface area contributed by atoms with Crippen LogP contribution in [-0.2, 0) is 0 Å². The zero-order valence-electron chi connectivity index (χ0n) is 8.13. The van der Waals surface area contributed by atoms with Crippen LogP contribution in [0.5, 0.6) is 0 Å². The molecule has 4 heteroatoms. The van der Waals surface area contributed by atoms with E-state index in [1.165, 1.54) is 6.08 Å². The number of piperazine rings is 1. The van der Waals surface area contributed by atoms with Gasteiger partial charge in [0.2, 0.25) is 0 Å². The highest BCUT2D eigenvalue weighted by Crippen LogP contribution is 2.31. The molecular formula is C9H16FIN2. The standard InChI is InChI=1S/C9H16FIN2/c1-4-9(10,11)8-7-12(2)5-6-13(8)3/h4,8H,1,5-7H2,2-3H3. The molecule has 0 saturated carbocycles. The Bertz CT molecular complexity index is 196. The van der Waals surface area contributed by atoms with Crippen molar-refractivity contribution >= 4 is 22.6 Å². The summed E-state index contributed by atoms with van der Waals surface area (Å²) in [4.78, 5) is 4.22. The number of alkyl halides is 2. The SMILES string of the molecule is C=CC(F)(I)C1CN(C)CCN1C. The molecule has 1 fully saturated rings. The van der Waals surface area contributed by atoms with E-state index in [4.69, 9.17) is 0 Å². The van der Waals surface area contributed by atoms with E-state index in [9.17, 15) is 4.39 Å². The van der Waals surface area contributed by atoms with Gasteiger partial charge in [0.05, 0.1) is 6.04 Å². The maximum absolute atomic E-state index is 13.9. The molecule has 1 rings (SSSR count). The van der Waals surface area contributed by atoms with Gasteiger partial charge in [0.25, 0.3) is 0 Å². The lowest BCUT2D eigenvalue weighted by atomic mass is 10.1. The minimum Gasteiger partial charge on any atom is -0.303 e. The Labute approximate surface area is 92.9 Å². The number of hydrogen-bond donors (Lipinski definition) is 0. The number of halogens is 2. The molecule has 13 heavy (non-hydrogen) atoms. The van der Waals surface area contributed by atoms with Crippen molar-refractivity contribution in [3.05, 3.63) is 12.7 Å². The predicted octanol–water partition coefficient (Wildman–Crippen LogP) is 1.52. The van der Waals surface area contributed by atoms with Gasteiger partial charge in [0.15, 0.2) is 3.68 Å². The number of nitrogens with zero attached hydrogens (tertiary/aromatic N) is 2. The van der Waals surface area contributed by atoms with Crippen molar-refractivity contribution in [3.63, 3.8) is 0 Å². The Kier molecular flexibility index (Phi) is 3.71. The van der Waals surface area contributed by atoms with Crippen LogP contribution in [0.4, 0.5) is 4.39 Å². The van der Waals surface area contributed by atoms with E-state index >= 15 is 0 Å². The van der Waals surface area contributed by atoms with E-state index in [0.717, 1.165) is 19.6 Å². The summed E-state index contributed by atoms with van der Waals surface area (Å²) >= 11 is 1.83. The fraction of sp³-hybridized carbons (Fsp3) is 0.778. The van der Waals surface area contributed by atoms with Crippen molar-refractivity contribution in [3.8, 4) is 0 Å². The summed E-state index contributed by atoms with van der Waals surface area (Å²) < 4.78 is 12.6. The molecule has 0 aliphatic carbocycles. The minimum absolute atomic E-state index is 0.0793. The molecule has 0 bridgehead atoms. The van der Waals surface area contributed by atoms with E-state index in [1.807, 2.05) is 36.7 Å². The number of rotatable bonds is 2. The van der Waals surface area contributed by atoms with Gasteiger partial charge in [-0.05, 0) is 42.8 Å². The molecule has 0 N–H and O–H groups in total. The molecule has 0 spiro atoms. The third-order valence-electron chi connectivity index (χ3n) is 2.57. The molecule has 0 aromatic rings. The summed E-state index contributed by atoms with van der Waals surface area (Å²) in [7, 11) is 3.99. The van der Waals surface area contributed by atoms with Gasteiger partial charge in [-0.15, -0.1) is 0 Å². The molecule has 0 aromatic heterocycles. The molecule has 1 saturated heterocycles. The van der Waals surface area contributed by atoms with Gasteiger partial charge < -0.3 is 4.90 Å². The Balaban J connectivity index is 2.70. The van der Waals surface area contributed by atoms with E-state index in [0.29, 0.717) is 0 Å². The summed E-state index contributed by atoms with van der Waals surface area (Å²) in [5, 5.41) is 0. The summed E-state index contributed by atoms with van der Waals surface area (Å²) in [6, 6.07) is -0.0793. The number of hydrogen-bond acceptors (Lipinski definition) is 2. The van der Waals surface area contributed by atoms with Crippen LogP contribution in [0.15, 0.2) is 12.7 Å². The minimum atomic E-state index is -1.32. The molecule has 1 aliphatic heterocycles. The van der Waals surface area contributed by atoms with Crippen molar-refractivity contribution in [1.29, 1.82) is 0 Å². The fourth-order valence-electron chi connectivity index (χ4n) is 1.56. The summed E-state index contributed by atoms with van der Waals surface area (Å²) in [6.07, 6.45) is 1.40. The molecule has 76 valence electrons. The average molecular weight is 298 g/mol. The van der Waals surface area contributed by atoms with Crippen molar-refractivity contribution in [2.24, 2.45) is 0 Å². The predicted molar refractivity (Wildman–Crippen MR) is 62.0 cm³/mol. The van der Waals surface area contributed by atoms with E-state index in [1.54, 1.807) is 0 Å². The topological polar surface area (TPSA) is 6.48 Å². The van der Waals surface area contributed by atoms with E-state index in [-0.39, 0.29) is 6.04 Å². The maximum Gasteiger partial charge on any atom is 0.195 e. The third kappa shape index (κ3) is 2.63. The molecular weight excluding hydrogens is 282 g/mol. The van der Waals surface area contributed by atoms with Gasteiger partial charge in [0, 0.05) is 19.6 Å². The van der Waals surface area contributed by atoms with Gasteiger partial charge in [-0.2, -0.15) is 0 Å². The zero-order chi connectivity index (χ0) is 10.1. The van der Waals surface area contributed by atoms with E-state index < -0.39 is 3.68 Å². The molecule has 0 aromatic carbocycles. The first-order chi connectivity index (χ1) is 5.97. The van der Waals surface area contributed by atoms with Crippen molar-refractivity contribution in [1.82, 2.24) is 9.80 Å². The Morgan fingerprint density at radius 2 is 2.15 bits per heavy atom. The first-order valence-corrected chi connectivity index (χ1v) is 5.45. The van der Waals surface area contributed by atoms with Gasteiger partial charge in [-0.3, -0.25) is 4.90 Å². The second-order valence-corrected chi connectivity index (χ2v) is 5.29. The first-order valence-electron chi connectivity index (χ1n) is 4.37. The molecule has 1 aliphatic rings. The molecule has 0 amide bonds. The molecule has 1 heterocycles. The van der Waals surface area contributed by atoms with Crippen molar-refractivity contribution < 1.29 is 4.39 Å². The lowest BCUT2D eigenvalue weighted by Crippen LogP contribution is -2.56. The Morgan fingerprint density at radius 1 is 1.54 bits per heavy atom. The molecule has 2 nitrogen and oxygen atoms in total. The second-order valence-electron chi connectivity index (χ2n) is 3.64. The van der Waals surface area contributed by atoms with Crippen LogP contribution in [0.3, 0.4) is 0 Å². The largest absolute Gasteiger partial charge is 0.303 e. The van der Waals surface area contributed by atoms with Crippen LogP contribution < -0.4 is 0 Å². The highest BCUT2D eigenvalue weighted by Gasteiger charge is 2.38. The molecule has 2 atom stereocenters. The quantitative estimate of drug-likeness (QED) is 0.433. The Morgan fingerprint density at radius 3 is 2.69 bits per heavy atom. The van der Waals surface area contributed by atoms with Gasteiger partial charge >= 0.3 is 0 Å². The monoisotopic (exact) mass is 298 g/mol. The average Bonchev–Trinajstić information content (AvgIpc) is 2.09. The van der Waals surface area contributed by atoms with Gasteiger partial charge in [-0.1, -0.05) is 6.58 Å². The van der Waals surface area contributed by atoms with E-state index in [2.05, 4.69) is 16.4 Å². The van der Waals surface area contributed by atoms with Crippen LogP contribution in [0, 0.1) is 0 Å². The Hall–Kier alpha value is 0.320. The van der Waals surface area contributed by atoms with Crippen molar-refractivity contribution in [2.75, 3.05) is 33.7 Å². The second kappa shape index (κ2) is 4.23. The van der Waals surface area contributed by atoms with Crippen LogP contribution in [-0.4, -0.2) is 53.2 Å². The zero-order valence-corrected chi connectivity index (χ0v) is 10.3. The first kappa shape index (κ1) is 11.4. The van der Waals surface area contributed by atoms with Crippen LogP contribution in [0.25, 0.3) is 0 Å². The lowest BCUT2D eigenvalue weighted by Gasteiger charge is -2.41. The molecule has 2 unspecified atom stereocenters. The molecule has 0 radical (unpaired) electrons. The lowest BCUT2D eigenvalue weighted by molar-refractivity contribution is 0.0674. The fourth-order valence-corrected chi connectivity index (χ4v) is 2.23. The summed E-state index contributed by atoms with van der Waals surface area (Å²) in [5.41, 5.74) is 0. The normalized spacial score (nSPS) is 31.2. The van der Waals surface area contributed by atoms with Crippen LogP contribution >= 0.6 is 22.6 Å². The number of likely N-dealkylation sites (N-methyl/N-ethyl adjacent to an activating group) is 2. The smallest absolute Gasteiger partial charge is 0.195 e. The third-order valence-corrected chi connectivity index (χ3v) is 3.73. The summed E-state index contributed by atoms with van der Waals surface area (Å²) in [5.74, 6) is 0. The van der Waals surface area contributed by atoms with Crippen LogP contribution in [0.1, 0.15) is 0 Å². The van der Waals surface area contributed by atoms with Crippen LogP contribution in [0.2, 0.25) is 0 Å².